The predicted octanol–water partition coefficient (Wildman–Crippen LogP) is 5.64. The first-order chi connectivity index (χ1) is 44.2. The molecule has 2 saturated heterocycles. The average molecular weight is 1300 g/mol. The molecule has 2 bridgehead atoms. The van der Waals surface area contributed by atoms with Gasteiger partial charge in [-0.15, -0.1) is 0 Å². The van der Waals surface area contributed by atoms with E-state index in [0.29, 0.717) is 100 Å². The molecule has 4 aromatic carbocycles. The quantitative estimate of drug-likeness (QED) is 0.0744. The number of phenols is 1. The maximum atomic E-state index is 15.1. The van der Waals surface area contributed by atoms with Crippen LogP contribution in [0.2, 0.25) is 0 Å². The summed E-state index contributed by atoms with van der Waals surface area (Å²) in [5.41, 5.74) is 9.28. The summed E-state index contributed by atoms with van der Waals surface area (Å²) in [5.74, 6) is -4.21. The first-order valence-corrected chi connectivity index (χ1v) is 33.7. The number of unbranched alkanes of at least 4 members (excludes halogenated alkanes) is 1. The predicted molar refractivity (Wildman–Crippen MR) is 349 cm³/mol. The molecule has 8 amide bonds. The lowest BCUT2D eigenvalue weighted by atomic mass is 9.89. The summed E-state index contributed by atoms with van der Waals surface area (Å²) in [5, 5.41) is 27.5. The van der Waals surface area contributed by atoms with Crippen LogP contribution < -0.4 is 37.6 Å². The lowest BCUT2D eigenvalue weighted by Gasteiger charge is -2.42. The molecular formula is C67H81F2N11O10S2. The molecule has 6 aromatic rings. The Hall–Kier alpha value is -8.29. The number of nitrogens with zero attached hydrogens (tertiary/aromatic N) is 2. The van der Waals surface area contributed by atoms with E-state index in [4.69, 9.17) is 5.73 Å². The SMILES string of the molecule is C[C@@H]1NC(=O)[C@@H]2CCN2C(=O)[C@H](Cc2c[nH]c3ccc(F)cc23)NC(=O)[C@H](Cc2c[nH]c3ccc(F)cc23)NC(=O)[C@@H](C)NC(=O)[C@H](CCCCN)NC(=O)CCSCc2cccc(c2)CSCCCC(=O)[C@]2(C)CCCN2C(=O)[C@H](Cc2ccc(O)cc2)NC1=O. The minimum absolute atomic E-state index is 0.00488. The second-order valence-electron chi connectivity index (χ2n) is 24.2. The van der Waals surface area contributed by atoms with Gasteiger partial charge in [0.1, 0.15) is 59.7 Å². The minimum Gasteiger partial charge on any atom is -0.508 e. The number of ketones is 1. The molecule has 0 radical (unpaired) electrons. The van der Waals surface area contributed by atoms with Crippen LogP contribution in [0.4, 0.5) is 8.78 Å². The molecule has 0 saturated carbocycles. The smallest absolute Gasteiger partial charge is 0.246 e. The molecular weight excluding hydrogens is 1220 g/mol. The normalized spacial score (nSPS) is 24.5. The van der Waals surface area contributed by atoms with E-state index < -0.39 is 101 Å². The largest absolute Gasteiger partial charge is 0.508 e. The Labute approximate surface area is 541 Å². The number of halogens is 2. The fourth-order valence-corrected chi connectivity index (χ4v) is 13.9. The van der Waals surface area contributed by atoms with Crippen molar-refractivity contribution in [1.29, 1.82) is 0 Å². The van der Waals surface area contributed by atoms with Gasteiger partial charge in [0.15, 0.2) is 5.78 Å². The zero-order chi connectivity index (χ0) is 65.6. The molecule has 5 heterocycles. The number of fused-ring (bicyclic) bond motifs is 6. The van der Waals surface area contributed by atoms with Crippen molar-refractivity contribution >= 4 is 98.4 Å². The third kappa shape index (κ3) is 17.2. The van der Waals surface area contributed by atoms with Crippen molar-refractivity contribution in [2.45, 2.75) is 157 Å². The number of aromatic amines is 2. The van der Waals surface area contributed by atoms with Gasteiger partial charge in [-0.2, -0.15) is 23.5 Å². The van der Waals surface area contributed by atoms with Gasteiger partial charge in [-0.25, -0.2) is 8.78 Å². The number of hydrogen-bond acceptors (Lipinski definition) is 13. The summed E-state index contributed by atoms with van der Waals surface area (Å²) in [7, 11) is 0. The Morgan fingerprint density at radius 3 is 1.79 bits per heavy atom. The zero-order valence-corrected chi connectivity index (χ0v) is 53.5. The van der Waals surface area contributed by atoms with Gasteiger partial charge >= 0.3 is 0 Å². The fraction of sp³-hybridized carbons (Fsp3) is 0.448. The highest BCUT2D eigenvalue weighted by atomic mass is 32.2. The number of H-pyrrole nitrogens is 2. The van der Waals surface area contributed by atoms with Crippen molar-refractivity contribution in [2.75, 3.05) is 31.1 Å². The number of Topliss-reactive ketones (excluding diaryl/α,β-unsaturated/α-hetero) is 1. The van der Waals surface area contributed by atoms with Crippen LogP contribution in [-0.4, -0.2) is 157 Å². The number of amides is 8. The number of hydrogen-bond donors (Lipinski definition) is 10. The summed E-state index contributed by atoms with van der Waals surface area (Å²) < 4.78 is 29.7. The minimum atomic E-state index is -1.50. The average Bonchev–Trinajstić information content (AvgIpc) is 1.26. The summed E-state index contributed by atoms with van der Waals surface area (Å²) in [6.07, 6.45) is 5.87. The second-order valence-corrected chi connectivity index (χ2v) is 26.5. The number of benzene rings is 4. The lowest BCUT2D eigenvalue weighted by Crippen LogP contribution is -2.65. The van der Waals surface area contributed by atoms with E-state index in [1.807, 2.05) is 18.2 Å². The summed E-state index contributed by atoms with van der Waals surface area (Å²) in [6.45, 7) is 5.26. The highest BCUT2D eigenvalue weighted by Crippen LogP contribution is 2.34. The first-order valence-electron chi connectivity index (χ1n) is 31.4. The summed E-state index contributed by atoms with van der Waals surface area (Å²) >= 11 is 3.24. The van der Waals surface area contributed by atoms with E-state index in [1.165, 1.54) is 67.3 Å². The Morgan fingerprint density at radius 2 is 1.17 bits per heavy atom. The summed E-state index contributed by atoms with van der Waals surface area (Å²) in [6, 6.07) is 13.4. The van der Waals surface area contributed by atoms with Crippen LogP contribution in [0, 0.1) is 11.6 Å². The van der Waals surface area contributed by atoms with Gasteiger partial charge in [0, 0.05) is 96.7 Å². The van der Waals surface area contributed by atoms with Gasteiger partial charge in [0.2, 0.25) is 47.3 Å². The molecule has 2 aromatic heterocycles. The third-order valence-corrected chi connectivity index (χ3v) is 19.6. The van der Waals surface area contributed by atoms with Crippen LogP contribution in [0.3, 0.4) is 0 Å². The number of aromatic hydroxyl groups is 1. The van der Waals surface area contributed by atoms with Crippen molar-refractivity contribution in [3.63, 3.8) is 0 Å². The number of thioether (sulfide) groups is 2. The van der Waals surface area contributed by atoms with Gasteiger partial charge in [-0.1, -0.05) is 36.4 Å². The highest BCUT2D eigenvalue weighted by molar-refractivity contribution is 7.98. The van der Waals surface area contributed by atoms with Crippen molar-refractivity contribution in [2.24, 2.45) is 5.73 Å². The molecule has 8 atom stereocenters. The van der Waals surface area contributed by atoms with Crippen molar-refractivity contribution in [1.82, 2.24) is 51.7 Å². The fourth-order valence-electron chi connectivity index (χ4n) is 12.1. The molecule has 25 heteroatoms. The van der Waals surface area contributed by atoms with Gasteiger partial charge in [-0.3, -0.25) is 43.2 Å². The monoisotopic (exact) mass is 1300 g/mol. The topological polar surface area (TPSA) is 310 Å². The Balaban J connectivity index is 0.998. The number of nitrogens with one attached hydrogen (secondary N) is 8. The number of carbonyl (C=O) groups excluding carboxylic acids is 9. The van der Waals surface area contributed by atoms with E-state index in [9.17, 15) is 47.4 Å². The number of carbonyl (C=O) groups is 9. The van der Waals surface area contributed by atoms with Crippen LogP contribution in [-0.2, 0) is 73.9 Å². The van der Waals surface area contributed by atoms with Crippen molar-refractivity contribution in [3.05, 3.63) is 137 Å². The molecule has 11 N–H and O–H groups in total. The maximum Gasteiger partial charge on any atom is 0.246 e. The number of aromatic nitrogens is 2. The Kier molecular flexibility index (Phi) is 23.2. The van der Waals surface area contributed by atoms with E-state index in [0.717, 1.165) is 11.1 Å². The number of phenolic OH excluding ortho intramolecular Hbond substituents is 1. The molecule has 3 aliphatic rings. The molecule has 92 heavy (non-hydrogen) atoms. The van der Waals surface area contributed by atoms with Gasteiger partial charge in [-0.05, 0) is 154 Å². The van der Waals surface area contributed by atoms with Crippen molar-refractivity contribution in [3.8, 4) is 5.75 Å². The van der Waals surface area contributed by atoms with Crippen LogP contribution in [0.15, 0.2) is 97.3 Å². The molecule has 2 fully saturated rings. The molecule has 21 nitrogen and oxygen atoms in total. The van der Waals surface area contributed by atoms with E-state index in [-0.39, 0.29) is 75.5 Å². The third-order valence-electron chi connectivity index (χ3n) is 17.5. The van der Waals surface area contributed by atoms with E-state index in [2.05, 4.69) is 47.9 Å². The van der Waals surface area contributed by atoms with Gasteiger partial charge < -0.3 is 62.5 Å². The van der Waals surface area contributed by atoms with E-state index >= 15 is 9.59 Å². The van der Waals surface area contributed by atoms with E-state index in [1.54, 1.807) is 59.9 Å². The second kappa shape index (κ2) is 31.4. The van der Waals surface area contributed by atoms with Crippen molar-refractivity contribution < 1.29 is 57.0 Å². The van der Waals surface area contributed by atoms with Gasteiger partial charge in [0.25, 0.3) is 0 Å². The number of nitrogens with two attached hydrogens (primary N) is 1. The number of rotatable bonds is 10. The van der Waals surface area contributed by atoms with Gasteiger partial charge in [0.05, 0.1) is 5.54 Å². The van der Waals surface area contributed by atoms with Crippen LogP contribution in [0.1, 0.15) is 106 Å². The molecule has 0 aliphatic carbocycles. The summed E-state index contributed by atoms with van der Waals surface area (Å²) in [4.78, 5) is 139. The van der Waals surface area contributed by atoms with Crippen LogP contribution in [0.5, 0.6) is 5.75 Å². The molecule has 0 spiro atoms. The maximum absolute atomic E-state index is 15.1. The standard InChI is InChI=1S/C67H81F2N11O10S2/c1-39-60(84)76-54(31-44-35-71-51-19-15-46(68)33-49(44)51)63(87)78-56(32-45-36-72-52-20-16-47(69)34-50(45)52)65(89)79-26-21-57(79)64(88)74-40(2)61(85)77-55(30-41-13-17-48(81)18-14-41)66(90)80-25-8-23-67(80,3)58(82)12-7-27-91-37-42-9-6-10-43(29-42)38-92-28-22-59(83)75-53(62(86)73-39)11-4-5-24-70/h6,9-10,13-20,29,33-36,39-40,53-57,71-72,81H,4-5,7-8,11-12,21-28,30-32,37-38,70H2,1-3H3,(H,73,86)(H,74,88)(H,75,83)(H,76,84)(H,77,85)(H,78,87)/t39-,40+,53+,54+,55+,56+,57+,67+/m1/s1. The molecule has 3 aliphatic heterocycles. The first kappa shape index (κ1) is 68.1. The lowest BCUT2D eigenvalue weighted by molar-refractivity contribution is -0.150. The zero-order valence-electron chi connectivity index (χ0n) is 51.9. The molecule has 0 unspecified atom stereocenters. The highest BCUT2D eigenvalue weighted by Gasteiger charge is 2.47. The van der Waals surface area contributed by atoms with Crippen LogP contribution >= 0.6 is 23.5 Å². The molecule has 9 rings (SSSR count). The Morgan fingerprint density at radius 1 is 0.598 bits per heavy atom. The van der Waals surface area contributed by atoms with Crippen LogP contribution in [0.25, 0.3) is 21.8 Å². The Bertz CT molecular complexity index is 3680. The molecule has 490 valence electrons.